The van der Waals surface area contributed by atoms with E-state index in [1.807, 2.05) is 26.0 Å². The first-order valence-electron chi connectivity index (χ1n) is 7.00. The van der Waals surface area contributed by atoms with Crippen molar-refractivity contribution in [3.63, 3.8) is 0 Å². The Morgan fingerprint density at radius 2 is 2.30 bits per heavy atom. The molecular formula is C14H22N2O3S. The molecule has 0 saturated carbocycles. The molecule has 1 aromatic heterocycles. The summed E-state index contributed by atoms with van der Waals surface area (Å²) in [6, 6.07) is 3.84. The lowest BCUT2D eigenvalue weighted by Crippen LogP contribution is -2.39. The standard InChI is InChI=1S/C14H22N2O3S/c1-11(2)19-14-12(5-3-7-15-14)9-16-13-6-4-8-20(17,18)10-13/h3,5,7,11,13,16H,4,6,8-10H2,1-2H3. The highest BCUT2D eigenvalue weighted by atomic mass is 32.2. The molecule has 5 nitrogen and oxygen atoms in total. The number of nitrogens with zero attached hydrogens (tertiary/aromatic N) is 1. The van der Waals surface area contributed by atoms with Gasteiger partial charge in [0.25, 0.3) is 0 Å². The Balaban J connectivity index is 1.97. The minimum Gasteiger partial charge on any atom is -0.475 e. The maximum Gasteiger partial charge on any atom is 0.218 e. The Morgan fingerprint density at radius 1 is 1.50 bits per heavy atom. The van der Waals surface area contributed by atoms with E-state index in [2.05, 4.69) is 10.3 Å². The number of sulfone groups is 1. The number of aromatic nitrogens is 1. The summed E-state index contributed by atoms with van der Waals surface area (Å²) in [4.78, 5) is 4.23. The van der Waals surface area contributed by atoms with Gasteiger partial charge in [-0.25, -0.2) is 13.4 Å². The second-order valence-corrected chi connectivity index (χ2v) is 7.70. The molecule has 0 aliphatic carbocycles. The zero-order valence-corrected chi connectivity index (χ0v) is 12.8. The molecule has 6 heteroatoms. The molecule has 20 heavy (non-hydrogen) atoms. The van der Waals surface area contributed by atoms with Gasteiger partial charge in [0, 0.05) is 24.3 Å². The van der Waals surface area contributed by atoms with E-state index in [9.17, 15) is 8.42 Å². The molecule has 0 bridgehead atoms. The molecule has 2 heterocycles. The summed E-state index contributed by atoms with van der Waals surface area (Å²) >= 11 is 0. The van der Waals surface area contributed by atoms with E-state index >= 15 is 0 Å². The predicted molar refractivity (Wildman–Crippen MR) is 78.5 cm³/mol. The van der Waals surface area contributed by atoms with Gasteiger partial charge in [-0.1, -0.05) is 6.07 Å². The number of hydrogen-bond acceptors (Lipinski definition) is 5. The number of hydrogen-bond donors (Lipinski definition) is 1. The van der Waals surface area contributed by atoms with Gasteiger partial charge in [-0.3, -0.25) is 0 Å². The van der Waals surface area contributed by atoms with E-state index in [1.54, 1.807) is 6.20 Å². The summed E-state index contributed by atoms with van der Waals surface area (Å²) in [7, 11) is -2.87. The molecule has 1 atom stereocenters. The summed E-state index contributed by atoms with van der Waals surface area (Å²) in [5, 5.41) is 3.31. The van der Waals surface area contributed by atoms with Crippen LogP contribution in [0.1, 0.15) is 32.3 Å². The fraction of sp³-hybridized carbons (Fsp3) is 0.643. The van der Waals surface area contributed by atoms with Crippen LogP contribution >= 0.6 is 0 Å². The van der Waals surface area contributed by atoms with Crippen LogP contribution in [0, 0.1) is 0 Å². The zero-order chi connectivity index (χ0) is 14.6. The molecule has 112 valence electrons. The summed E-state index contributed by atoms with van der Waals surface area (Å²) in [5.74, 6) is 1.17. The van der Waals surface area contributed by atoms with Crippen LogP contribution in [0.4, 0.5) is 0 Å². The van der Waals surface area contributed by atoms with Crippen LogP contribution in [0.5, 0.6) is 5.88 Å². The maximum absolute atomic E-state index is 11.6. The van der Waals surface area contributed by atoms with Crippen LogP contribution in [0.25, 0.3) is 0 Å². The SMILES string of the molecule is CC(C)Oc1ncccc1CNC1CCCS(=O)(=O)C1. The topological polar surface area (TPSA) is 68.3 Å². The van der Waals surface area contributed by atoms with Crippen molar-refractivity contribution in [3.05, 3.63) is 23.9 Å². The van der Waals surface area contributed by atoms with Crippen LogP contribution in [0.15, 0.2) is 18.3 Å². The minimum atomic E-state index is -2.87. The first kappa shape index (κ1) is 15.3. The number of ether oxygens (including phenoxy) is 1. The average molecular weight is 298 g/mol. The van der Waals surface area contributed by atoms with E-state index in [0.29, 0.717) is 18.2 Å². The van der Waals surface area contributed by atoms with Crippen molar-refractivity contribution in [3.8, 4) is 5.88 Å². The Hall–Kier alpha value is -1.14. The molecular weight excluding hydrogens is 276 g/mol. The van der Waals surface area contributed by atoms with E-state index in [-0.39, 0.29) is 17.9 Å². The molecule has 1 aliphatic heterocycles. The summed E-state index contributed by atoms with van der Waals surface area (Å²) in [6.45, 7) is 4.50. The molecule has 0 spiro atoms. The quantitative estimate of drug-likeness (QED) is 0.893. The summed E-state index contributed by atoms with van der Waals surface area (Å²) in [5.41, 5.74) is 0.962. The fourth-order valence-corrected chi connectivity index (χ4v) is 4.00. The third-order valence-corrected chi connectivity index (χ3v) is 5.06. The van der Waals surface area contributed by atoms with Gasteiger partial charge < -0.3 is 10.1 Å². The molecule has 1 saturated heterocycles. The van der Waals surface area contributed by atoms with Gasteiger partial charge in [-0.15, -0.1) is 0 Å². The molecule has 1 aliphatic rings. The molecule has 0 radical (unpaired) electrons. The molecule has 2 rings (SSSR count). The Kier molecular flexibility index (Phi) is 4.99. The van der Waals surface area contributed by atoms with Crippen molar-refractivity contribution in [2.45, 2.75) is 45.4 Å². The number of nitrogens with one attached hydrogen (secondary N) is 1. The third-order valence-electron chi connectivity index (χ3n) is 3.24. The van der Waals surface area contributed by atoms with Crippen molar-refractivity contribution in [2.24, 2.45) is 0 Å². The molecule has 1 aromatic rings. The lowest BCUT2D eigenvalue weighted by Gasteiger charge is -2.23. The highest BCUT2D eigenvalue weighted by molar-refractivity contribution is 7.91. The monoisotopic (exact) mass is 298 g/mol. The molecule has 1 unspecified atom stereocenters. The van der Waals surface area contributed by atoms with Crippen LogP contribution in [0.3, 0.4) is 0 Å². The summed E-state index contributed by atoms with van der Waals surface area (Å²) in [6.07, 6.45) is 3.41. The van der Waals surface area contributed by atoms with E-state index in [4.69, 9.17) is 4.74 Å². The van der Waals surface area contributed by atoms with Crippen LogP contribution < -0.4 is 10.1 Å². The van der Waals surface area contributed by atoms with Gasteiger partial charge in [-0.2, -0.15) is 0 Å². The smallest absolute Gasteiger partial charge is 0.218 e. The van der Waals surface area contributed by atoms with E-state index in [1.165, 1.54) is 0 Å². The van der Waals surface area contributed by atoms with Gasteiger partial charge in [0.2, 0.25) is 5.88 Å². The first-order chi connectivity index (χ1) is 9.46. The summed E-state index contributed by atoms with van der Waals surface area (Å²) < 4.78 is 28.9. The van der Waals surface area contributed by atoms with Crippen molar-refractivity contribution < 1.29 is 13.2 Å². The first-order valence-corrected chi connectivity index (χ1v) is 8.83. The minimum absolute atomic E-state index is 0.0286. The van der Waals surface area contributed by atoms with Crippen molar-refractivity contribution >= 4 is 9.84 Å². The largest absolute Gasteiger partial charge is 0.475 e. The fourth-order valence-electron chi connectivity index (χ4n) is 2.33. The van der Waals surface area contributed by atoms with Crippen molar-refractivity contribution in [1.29, 1.82) is 0 Å². The van der Waals surface area contributed by atoms with E-state index in [0.717, 1.165) is 18.4 Å². The third kappa shape index (κ3) is 4.45. The normalized spacial score (nSPS) is 21.9. The Bertz CT molecular complexity index is 543. The van der Waals surface area contributed by atoms with Crippen LogP contribution in [-0.4, -0.2) is 37.1 Å². The van der Waals surface area contributed by atoms with Crippen molar-refractivity contribution in [2.75, 3.05) is 11.5 Å². The number of rotatable bonds is 5. The Labute approximate surface area is 120 Å². The average Bonchev–Trinajstić information content (AvgIpc) is 2.36. The van der Waals surface area contributed by atoms with Gasteiger partial charge in [-0.05, 0) is 32.8 Å². The predicted octanol–water partition coefficient (Wildman–Crippen LogP) is 1.54. The van der Waals surface area contributed by atoms with Gasteiger partial charge >= 0.3 is 0 Å². The lowest BCUT2D eigenvalue weighted by molar-refractivity contribution is 0.229. The molecule has 0 aromatic carbocycles. The lowest BCUT2D eigenvalue weighted by atomic mass is 10.1. The van der Waals surface area contributed by atoms with Gasteiger partial charge in [0.1, 0.15) is 0 Å². The molecule has 1 fully saturated rings. The van der Waals surface area contributed by atoms with Crippen LogP contribution in [-0.2, 0) is 16.4 Å². The second-order valence-electron chi connectivity index (χ2n) is 5.47. The maximum atomic E-state index is 11.6. The highest BCUT2D eigenvalue weighted by Gasteiger charge is 2.24. The Morgan fingerprint density at radius 3 is 3.00 bits per heavy atom. The van der Waals surface area contributed by atoms with E-state index < -0.39 is 9.84 Å². The van der Waals surface area contributed by atoms with Gasteiger partial charge in [0.15, 0.2) is 9.84 Å². The second kappa shape index (κ2) is 6.54. The van der Waals surface area contributed by atoms with Crippen LogP contribution in [0.2, 0.25) is 0 Å². The molecule has 0 amide bonds. The van der Waals surface area contributed by atoms with Crippen molar-refractivity contribution in [1.82, 2.24) is 10.3 Å². The molecule has 1 N–H and O–H groups in total. The highest BCUT2D eigenvalue weighted by Crippen LogP contribution is 2.17. The van der Waals surface area contributed by atoms with Gasteiger partial charge in [0.05, 0.1) is 17.6 Å². The zero-order valence-electron chi connectivity index (χ0n) is 12.0. The number of pyridine rings is 1.